The van der Waals surface area contributed by atoms with E-state index < -0.39 is 0 Å². The maximum Gasteiger partial charge on any atom is 0.264 e. The summed E-state index contributed by atoms with van der Waals surface area (Å²) in [6.07, 6.45) is 0. The molecule has 0 unspecified atom stereocenters. The van der Waals surface area contributed by atoms with Crippen LogP contribution >= 0.6 is 11.6 Å². The number of pyridine rings is 1. The van der Waals surface area contributed by atoms with E-state index >= 15 is 0 Å². The fourth-order valence-corrected chi connectivity index (χ4v) is 3.73. The molecule has 0 saturated heterocycles. The lowest BCUT2D eigenvalue weighted by Crippen LogP contribution is -2.26. The largest absolute Gasteiger partial charge is 0.368 e. The predicted octanol–water partition coefficient (Wildman–Crippen LogP) is 4.50. The summed E-state index contributed by atoms with van der Waals surface area (Å²) >= 11 is 6.36. The van der Waals surface area contributed by atoms with E-state index in [0.717, 1.165) is 22.5 Å². The number of anilines is 2. The van der Waals surface area contributed by atoms with E-state index in [2.05, 4.69) is 15.3 Å². The molecule has 2 heterocycles. The van der Waals surface area contributed by atoms with Gasteiger partial charge in [0.1, 0.15) is 5.82 Å². The Morgan fingerprint density at radius 3 is 2.55 bits per heavy atom. The number of benzene rings is 2. The Balaban J connectivity index is 1.91. The highest BCUT2D eigenvalue weighted by molar-refractivity contribution is 6.35. The summed E-state index contributed by atoms with van der Waals surface area (Å²) in [4.78, 5) is 21.8. The smallest absolute Gasteiger partial charge is 0.264 e. The third-order valence-corrected chi connectivity index (χ3v) is 5.03. The first-order chi connectivity index (χ1) is 13.9. The highest BCUT2D eigenvalue weighted by Gasteiger charge is 2.18. The SMILES string of the molecule is Cc1cc(N[C@@H](C)c2cc3cccc(Cl)c3c(=O)n2-c2ccccc2)nc(N)n1. The Hall–Kier alpha value is -3.38. The van der Waals surface area contributed by atoms with Gasteiger partial charge in [0.15, 0.2) is 0 Å². The molecular weight excluding hydrogens is 386 g/mol. The first-order valence-corrected chi connectivity index (χ1v) is 9.59. The van der Waals surface area contributed by atoms with Gasteiger partial charge in [0.05, 0.1) is 16.5 Å². The lowest BCUT2D eigenvalue weighted by Gasteiger charge is -2.21. The second kappa shape index (κ2) is 7.56. The summed E-state index contributed by atoms with van der Waals surface area (Å²) in [5.41, 5.74) is 7.92. The van der Waals surface area contributed by atoms with E-state index in [1.807, 2.05) is 68.4 Å². The minimum Gasteiger partial charge on any atom is -0.368 e. The van der Waals surface area contributed by atoms with Crippen molar-refractivity contribution in [2.75, 3.05) is 11.1 Å². The van der Waals surface area contributed by atoms with Gasteiger partial charge >= 0.3 is 0 Å². The average molecular weight is 406 g/mol. The third kappa shape index (κ3) is 3.67. The number of hydrogen-bond donors (Lipinski definition) is 2. The third-order valence-electron chi connectivity index (χ3n) is 4.72. The van der Waals surface area contributed by atoms with Crippen molar-refractivity contribution < 1.29 is 0 Å². The molecule has 0 saturated carbocycles. The van der Waals surface area contributed by atoms with E-state index in [1.165, 1.54) is 0 Å². The minimum atomic E-state index is -0.236. The van der Waals surface area contributed by atoms with Crippen LogP contribution in [-0.4, -0.2) is 14.5 Å². The minimum absolute atomic E-state index is 0.165. The zero-order chi connectivity index (χ0) is 20.5. The number of rotatable bonds is 4. The Kier molecular flexibility index (Phi) is 4.94. The Morgan fingerprint density at radius 1 is 1.07 bits per heavy atom. The van der Waals surface area contributed by atoms with E-state index in [1.54, 1.807) is 10.6 Å². The van der Waals surface area contributed by atoms with Crippen molar-refractivity contribution in [3.63, 3.8) is 0 Å². The lowest BCUT2D eigenvalue weighted by molar-refractivity contribution is 0.772. The van der Waals surface area contributed by atoms with Crippen LogP contribution < -0.4 is 16.6 Å². The number of hydrogen-bond acceptors (Lipinski definition) is 5. The number of halogens is 1. The molecule has 4 aromatic rings. The first kappa shape index (κ1) is 19.0. The summed E-state index contributed by atoms with van der Waals surface area (Å²) in [5.74, 6) is 0.797. The van der Waals surface area contributed by atoms with Gasteiger partial charge in [-0.25, -0.2) is 4.98 Å². The van der Waals surface area contributed by atoms with Crippen LogP contribution in [0.3, 0.4) is 0 Å². The maximum absolute atomic E-state index is 13.4. The number of nitrogens with two attached hydrogens (primary N) is 1. The summed E-state index contributed by atoms with van der Waals surface area (Å²) in [5, 5.41) is 5.05. The van der Waals surface area contributed by atoms with E-state index in [-0.39, 0.29) is 17.5 Å². The summed E-state index contributed by atoms with van der Waals surface area (Å²) < 4.78 is 1.68. The van der Waals surface area contributed by atoms with Crippen LogP contribution in [-0.2, 0) is 0 Å². The number of fused-ring (bicyclic) bond motifs is 1. The van der Waals surface area contributed by atoms with Gasteiger partial charge in [-0.05, 0) is 43.5 Å². The molecule has 2 aromatic heterocycles. The number of aryl methyl sites for hydroxylation is 1. The molecule has 0 aliphatic carbocycles. The van der Waals surface area contributed by atoms with E-state index in [4.69, 9.17) is 17.3 Å². The van der Waals surface area contributed by atoms with Gasteiger partial charge in [-0.1, -0.05) is 41.9 Å². The van der Waals surface area contributed by atoms with Crippen molar-refractivity contribution in [2.24, 2.45) is 0 Å². The number of aromatic nitrogens is 3. The molecular formula is C22H20ClN5O. The quantitative estimate of drug-likeness (QED) is 0.522. The second-order valence-electron chi connectivity index (χ2n) is 6.87. The zero-order valence-electron chi connectivity index (χ0n) is 16.1. The van der Waals surface area contributed by atoms with Gasteiger partial charge in [-0.15, -0.1) is 0 Å². The number of para-hydroxylation sites is 1. The van der Waals surface area contributed by atoms with Crippen molar-refractivity contribution in [1.29, 1.82) is 0 Å². The highest BCUT2D eigenvalue weighted by Crippen LogP contribution is 2.27. The van der Waals surface area contributed by atoms with Gasteiger partial charge < -0.3 is 11.1 Å². The monoisotopic (exact) mass is 405 g/mol. The van der Waals surface area contributed by atoms with Crippen LogP contribution in [0.1, 0.15) is 24.4 Å². The van der Waals surface area contributed by atoms with Crippen molar-refractivity contribution >= 4 is 34.1 Å². The van der Waals surface area contributed by atoms with Gasteiger partial charge in [0.25, 0.3) is 5.56 Å². The Morgan fingerprint density at radius 2 is 1.83 bits per heavy atom. The lowest BCUT2D eigenvalue weighted by atomic mass is 10.1. The maximum atomic E-state index is 13.4. The molecule has 146 valence electrons. The van der Waals surface area contributed by atoms with Crippen molar-refractivity contribution in [1.82, 2.24) is 14.5 Å². The van der Waals surface area contributed by atoms with Crippen LogP contribution in [0.4, 0.5) is 11.8 Å². The summed E-state index contributed by atoms with van der Waals surface area (Å²) in [7, 11) is 0. The van der Waals surface area contributed by atoms with Gasteiger partial charge in [0.2, 0.25) is 5.95 Å². The fraction of sp³-hybridized carbons (Fsp3) is 0.136. The number of nitrogen functional groups attached to an aromatic ring is 1. The average Bonchev–Trinajstić information content (AvgIpc) is 2.67. The van der Waals surface area contributed by atoms with Crippen molar-refractivity contribution in [3.05, 3.63) is 87.4 Å². The van der Waals surface area contributed by atoms with Crippen molar-refractivity contribution in [2.45, 2.75) is 19.9 Å². The van der Waals surface area contributed by atoms with E-state index in [0.29, 0.717) is 16.2 Å². The summed E-state index contributed by atoms with van der Waals surface area (Å²) in [6.45, 7) is 3.82. The molecule has 2 aromatic carbocycles. The van der Waals surface area contributed by atoms with Gasteiger partial charge in [-0.3, -0.25) is 9.36 Å². The second-order valence-corrected chi connectivity index (χ2v) is 7.28. The van der Waals surface area contributed by atoms with Crippen molar-refractivity contribution in [3.8, 4) is 5.69 Å². The first-order valence-electron chi connectivity index (χ1n) is 9.21. The standard InChI is InChI=1S/C22H20ClN5O/c1-13-11-19(27-22(24)25-13)26-14(2)18-12-15-7-6-10-17(23)20(15)21(29)28(18)16-8-4-3-5-9-16/h3-12,14H,1-2H3,(H3,24,25,26,27)/t14-/m0/s1. The molecule has 7 heteroatoms. The predicted molar refractivity (Wildman–Crippen MR) is 118 cm³/mol. The molecule has 4 rings (SSSR count). The Labute approximate surface area is 173 Å². The molecule has 6 nitrogen and oxygen atoms in total. The molecule has 1 atom stereocenters. The molecule has 0 aliphatic rings. The highest BCUT2D eigenvalue weighted by atomic mass is 35.5. The molecule has 0 aliphatic heterocycles. The Bertz CT molecular complexity index is 1230. The van der Waals surface area contributed by atoms with Gasteiger partial charge in [0, 0.05) is 23.1 Å². The van der Waals surface area contributed by atoms with E-state index in [9.17, 15) is 4.79 Å². The number of nitrogens with zero attached hydrogens (tertiary/aromatic N) is 3. The van der Waals surface area contributed by atoms with Crippen LogP contribution in [0, 0.1) is 6.92 Å². The van der Waals surface area contributed by atoms with Gasteiger partial charge in [-0.2, -0.15) is 4.98 Å². The van der Waals surface area contributed by atoms with Crippen LogP contribution in [0.15, 0.2) is 65.5 Å². The van der Waals surface area contributed by atoms with Crippen LogP contribution in [0.5, 0.6) is 0 Å². The molecule has 0 radical (unpaired) electrons. The molecule has 29 heavy (non-hydrogen) atoms. The molecule has 0 bridgehead atoms. The van der Waals surface area contributed by atoms with Crippen LogP contribution in [0.25, 0.3) is 16.5 Å². The molecule has 0 spiro atoms. The molecule has 3 N–H and O–H groups in total. The zero-order valence-corrected chi connectivity index (χ0v) is 16.8. The number of nitrogens with one attached hydrogen (secondary N) is 1. The fourth-order valence-electron chi connectivity index (χ4n) is 3.46. The molecule has 0 fully saturated rings. The molecule has 0 amide bonds. The topological polar surface area (TPSA) is 85.8 Å². The van der Waals surface area contributed by atoms with Crippen LogP contribution in [0.2, 0.25) is 5.02 Å². The summed E-state index contributed by atoms with van der Waals surface area (Å²) in [6, 6.07) is 18.5. The normalized spacial score (nSPS) is 12.1.